The van der Waals surface area contributed by atoms with E-state index < -0.39 is 5.60 Å². The molecule has 2 aromatic rings. The fraction of sp³-hybridized carbons (Fsp3) is 0.389. The zero-order valence-electron chi connectivity index (χ0n) is 13.4. The van der Waals surface area contributed by atoms with E-state index in [0.29, 0.717) is 31.9 Å². The van der Waals surface area contributed by atoms with Crippen molar-refractivity contribution >= 4 is 5.91 Å². The first kappa shape index (κ1) is 15.1. The molecule has 6 heteroatoms. The summed E-state index contributed by atoms with van der Waals surface area (Å²) in [5.41, 5.74) is 1.13. The van der Waals surface area contributed by atoms with Crippen molar-refractivity contribution in [2.45, 2.75) is 25.0 Å². The Morgan fingerprint density at radius 2 is 1.88 bits per heavy atom. The van der Waals surface area contributed by atoms with Crippen LogP contribution in [0.5, 0.6) is 5.75 Å². The highest BCUT2D eigenvalue weighted by Gasteiger charge is 2.40. The molecule has 1 saturated heterocycles. The first-order chi connectivity index (χ1) is 11.8. The van der Waals surface area contributed by atoms with Crippen molar-refractivity contribution in [2.75, 3.05) is 19.8 Å². The van der Waals surface area contributed by atoms with Crippen LogP contribution in [0.2, 0.25) is 0 Å². The lowest BCUT2D eigenvalue weighted by Gasteiger charge is -2.38. The van der Waals surface area contributed by atoms with Gasteiger partial charge >= 0.3 is 0 Å². The maximum absolute atomic E-state index is 12.9. The summed E-state index contributed by atoms with van der Waals surface area (Å²) in [5, 5.41) is 0. The number of hydrogen-bond acceptors (Lipinski definition) is 5. The van der Waals surface area contributed by atoms with Crippen molar-refractivity contribution in [3.8, 4) is 5.75 Å². The van der Waals surface area contributed by atoms with Gasteiger partial charge in [0.1, 0.15) is 17.7 Å². The number of ether oxygens (including phenoxy) is 2. The summed E-state index contributed by atoms with van der Waals surface area (Å²) >= 11 is 0. The smallest absolute Gasteiger partial charge is 0.257 e. The quantitative estimate of drug-likeness (QED) is 0.803. The predicted molar refractivity (Wildman–Crippen MR) is 86.6 cm³/mol. The third-order valence-electron chi connectivity index (χ3n) is 4.64. The van der Waals surface area contributed by atoms with Gasteiger partial charge in [-0.1, -0.05) is 18.2 Å². The zero-order chi connectivity index (χ0) is 16.4. The molecule has 0 unspecified atom stereocenters. The van der Waals surface area contributed by atoms with Gasteiger partial charge in [-0.15, -0.1) is 0 Å². The molecule has 4 rings (SSSR count). The van der Waals surface area contributed by atoms with Crippen LogP contribution in [0.15, 0.2) is 43.0 Å². The van der Waals surface area contributed by atoms with Crippen LogP contribution in [-0.4, -0.2) is 46.1 Å². The first-order valence-corrected chi connectivity index (χ1v) is 8.15. The number of benzene rings is 1. The molecule has 0 radical (unpaired) electrons. The monoisotopic (exact) mass is 325 g/mol. The van der Waals surface area contributed by atoms with Crippen LogP contribution in [0.3, 0.4) is 0 Å². The minimum atomic E-state index is -0.393. The molecule has 1 amide bonds. The minimum absolute atomic E-state index is 0.0678. The number of hydrogen-bond donors (Lipinski definition) is 0. The number of para-hydroxylation sites is 1. The summed E-state index contributed by atoms with van der Waals surface area (Å²) in [5.74, 6) is 0.792. The third-order valence-corrected chi connectivity index (χ3v) is 4.64. The van der Waals surface area contributed by atoms with E-state index >= 15 is 0 Å². The number of amides is 1. The average Bonchev–Trinajstić information content (AvgIpc) is 2.79. The number of fused-ring (bicyclic) bond motifs is 1. The van der Waals surface area contributed by atoms with Gasteiger partial charge in [-0.2, -0.15) is 0 Å². The van der Waals surface area contributed by atoms with Gasteiger partial charge in [0, 0.05) is 37.3 Å². The van der Waals surface area contributed by atoms with E-state index in [-0.39, 0.29) is 5.91 Å². The molecule has 0 bridgehead atoms. The largest absolute Gasteiger partial charge is 0.485 e. The van der Waals surface area contributed by atoms with Crippen LogP contribution in [0, 0.1) is 0 Å². The summed E-state index contributed by atoms with van der Waals surface area (Å²) in [6.07, 6.45) is 6.09. The number of nitrogens with zero attached hydrogens (tertiary/aromatic N) is 3. The molecule has 0 atom stereocenters. The Labute approximate surface area is 140 Å². The van der Waals surface area contributed by atoms with Crippen LogP contribution in [0.25, 0.3) is 0 Å². The first-order valence-electron chi connectivity index (χ1n) is 8.15. The Morgan fingerprint density at radius 3 is 2.67 bits per heavy atom. The second-order valence-corrected chi connectivity index (χ2v) is 6.29. The number of carbonyl (C=O) groups excluding carboxylic acids is 1. The molecule has 1 fully saturated rings. The van der Waals surface area contributed by atoms with E-state index in [2.05, 4.69) is 9.97 Å². The molecular weight excluding hydrogens is 306 g/mol. The number of aromatic nitrogens is 2. The van der Waals surface area contributed by atoms with Crippen LogP contribution in [-0.2, 0) is 11.3 Å². The highest BCUT2D eigenvalue weighted by Crippen LogP contribution is 2.35. The van der Waals surface area contributed by atoms with Crippen LogP contribution in [0.4, 0.5) is 0 Å². The molecular formula is C18H19N3O3. The molecule has 0 aliphatic carbocycles. The van der Waals surface area contributed by atoms with Gasteiger partial charge in [-0.25, -0.2) is 9.97 Å². The standard InChI is InChI=1S/C18H19N3O3/c22-17(15-9-19-13-20-10-15)21-11-14-3-1-2-4-16(14)24-18(12-21)5-7-23-8-6-18/h1-4,9-10,13H,5-8,11-12H2. The van der Waals surface area contributed by atoms with Gasteiger partial charge < -0.3 is 14.4 Å². The molecule has 6 nitrogen and oxygen atoms in total. The van der Waals surface area contributed by atoms with Gasteiger partial charge in [0.15, 0.2) is 0 Å². The molecule has 1 aromatic carbocycles. The lowest BCUT2D eigenvalue weighted by Crippen LogP contribution is -2.50. The Kier molecular flexibility index (Phi) is 3.90. The lowest BCUT2D eigenvalue weighted by atomic mass is 9.93. The lowest BCUT2D eigenvalue weighted by molar-refractivity contribution is -0.0550. The van der Waals surface area contributed by atoms with E-state index in [1.165, 1.54) is 6.33 Å². The Morgan fingerprint density at radius 1 is 1.12 bits per heavy atom. The summed E-state index contributed by atoms with van der Waals surface area (Å²) in [7, 11) is 0. The predicted octanol–water partition coefficient (Wildman–Crippen LogP) is 2.06. The molecule has 0 N–H and O–H groups in total. The maximum atomic E-state index is 12.9. The molecule has 3 heterocycles. The number of rotatable bonds is 1. The fourth-order valence-electron chi connectivity index (χ4n) is 3.35. The van der Waals surface area contributed by atoms with E-state index in [4.69, 9.17) is 9.47 Å². The summed E-state index contributed by atoms with van der Waals surface area (Å²) in [4.78, 5) is 22.7. The molecule has 1 aromatic heterocycles. The normalized spacial score (nSPS) is 19.2. The SMILES string of the molecule is O=C(c1cncnc1)N1Cc2ccccc2OC2(CCOCC2)C1. The Hall–Kier alpha value is -2.47. The summed E-state index contributed by atoms with van der Waals surface area (Å²) in [6.45, 7) is 2.36. The Bertz CT molecular complexity index is 729. The second kappa shape index (κ2) is 6.20. The van der Waals surface area contributed by atoms with Crippen LogP contribution < -0.4 is 4.74 Å². The molecule has 24 heavy (non-hydrogen) atoms. The van der Waals surface area contributed by atoms with E-state index in [1.807, 2.05) is 29.2 Å². The molecule has 0 saturated carbocycles. The number of carbonyl (C=O) groups is 1. The zero-order valence-corrected chi connectivity index (χ0v) is 13.4. The third kappa shape index (κ3) is 2.85. The maximum Gasteiger partial charge on any atom is 0.257 e. The molecule has 124 valence electrons. The van der Waals surface area contributed by atoms with Crippen molar-refractivity contribution in [1.29, 1.82) is 0 Å². The van der Waals surface area contributed by atoms with E-state index in [9.17, 15) is 4.79 Å². The van der Waals surface area contributed by atoms with Gasteiger partial charge in [-0.05, 0) is 6.07 Å². The van der Waals surface area contributed by atoms with Crippen LogP contribution >= 0.6 is 0 Å². The van der Waals surface area contributed by atoms with Crippen molar-refractivity contribution in [3.05, 3.63) is 54.1 Å². The van der Waals surface area contributed by atoms with Crippen molar-refractivity contribution < 1.29 is 14.3 Å². The molecule has 1 spiro atoms. The van der Waals surface area contributed by atoms with Gasteiger partial charge in [0.25, 0.3) is 5.91 Å². The van der Waals surface area contributed by atoms with E-state index in [0.717, 1.165) is 24.2 Å². The van der Waals surface area contributed by atoms with Crippen molar-refractivity contribution in [2.24, 2.45) is 0 Å². The van der Waals surface area contributed by atoms with Crippen molar-refractivity contribution in [3.63, 3.8) is 0 Å². The topological polar surface area (TPSA) is 64.6 Å². The van der Waals surface area contributed by atoms with Gasteiger partial charge in [0.2, 0.25) is 0 Å². The van der Waals surface area contributed by atoms with Gasteiger partial charge in [-0.3, -0.25) is 4.79 Å². The minimum Gasteiger partial charge on any atom is -0.485 e. The highest BCUT2D eigenvalue weighted by atomic mass is 16.5. The van der Waals surface area contributed by atoms with Gasteiger partial charge in [0.05, 0.1) is 25.3 Å². The molecule has 2 aliphatic rings. The fourth-order valence-corrected chi connectivity index (χ4v) is 3.35. The van der Waals surface area contributed by atoms with Crippen LogP contribution in [0.1, 0.15) is 28.8 Å². The van der Waals surface area contributed by atoms with Crippen molar-refractivity contribution in [1.82, 2.24) is 14.9 Å². The second-order valence-electron chi connectivity index (χ2n) is 6.29. The van der Waals surface area contributed by atoms with E-state index in [1.54, 1.807) is 12.4 Å². The molecule has 2 aliphatic heterocycles. The highest BCUT2D eigenvalue weighted by molar-refractivity contribution is 5.93. The average molecular weight is 325 g/mol. The summed E-state index contributed by atoms with van der Waals surface area (Å²) in [6, 6.07) is 7.93. The Balaban J connectivity index is 1.70. The summed E-state index contributed by atoms with van der Waals surface area (Å²) < 4.78 is 11.9.